The molecule has 2 rings (SSSR count). The normalized spacial score (nSPS) is 10.8. The van der Waals surface area contributed by atoms with E-state index >= 15 is 0 Å². The third-order valence-corrected chi connectivity index (χ3v) is 3.12. The van der Waals surface area contributed by atoms with Crippen molar-refractivity contribution in [2.45, 2.75) is 13.5 Å². The van der Waals surface area contributed by atoms with Crippen LogP contribution in [0.25, 0.3) is 11.3 Å². The van der Waals surface area contributed by atoms with Gasteiger partial charge in [-0.1, -0.05) is 12.1 Å². The first-order chi connectivity index (χ1) is 10.1. The van der Waals surface area contributed by atoms with Crippen LogP contribution in [0, 0.1) is 17.0 Å². The first kappa shape index (κ1) is 15.1. The molecule has 7 nitrogen and oxygen atoms in total. The molecule has 0 saturated carbocycles. The van der Waals surface area contributed by atoms with Gasteiger partial charge < -0.3 is 15.0 Å². The Hall–Kier alpha value is -2.25. The van der Waals surface area contributed by atoms with E-state index in [0.29, 0.717) is 18.7 Å². The lowest BCUT2D eigenvalue weighted by molar-refractivity contribution is -0.385. The summed E-state index contributed by atoms with van der Waals surface area (Å²) in [6.45, 7) is 3.69. The van der Waals surface area contributed by atoms with Crippen molar-refractivity contribution in [3.05, 3.63) is 45.9 Å². The average molecular weight is 290 g/mol. The zero-order valence-electron chi connectivity index (χ0n) is 12.0. The Morgan fingerprint density at radius 1 is 1.48 bits per heavy atom. The van der Waals surface area contributed by atoms with Gasteiger partial charge in [0.1, 0.15) is 5.82 Å². The number of imidazole rings is 1. The van der Waals surface area contributed by atoms with Crippen LogP contribution in [0.3, 0.4) is 0 Å². The minimum Gasteiger partial charge on any atom is -0.383 e. The zero-order valence-corrected chi connectivity index (χ0v) is 12.0. The largest absolute Gasteiger partial charge is 0.383 e. The van der Waals surface area contributed by atoms with Crippen molar-refractivity contribution < 1.29 is 9.66 Å². The van der Waals surface area contributed by atoms with Gasteiger partial charge in [-0.2, -0.15) is 0 Å². The molecule has 0 fully saturated rings. The van der Waals surface area contributed by atoms with Gasteiger partial charge in [0, 0.05) is 30.8 Å². The van der Waals surface area contributed by atoms with Crippen LogP contribution >= 0.6 is 0 Å². The number of aryl methyl sites for hydroxylation is 1. The van der Waals surface area contributed by atoms with E-state index in [9.17, 15) is 10.1 Å². The number of ether oxygens (including phenoxy) is 1. The molecule has 112 valence electrons. The first-order valence-corrected chi connectivity index (χ1v) is 6.60. The minimum absolute atomic E-state index is 0.113. The van der Waals surface area contributed by atoms with Gasteiger partial charge in [0.2, 0.25) is 0 Å². The molecule has 1 heterocycles. The van der Waals surface area contributed by atoms with Crippen molar-refractivity contribution in [2.75, 3.05) is 20.3 Å². The Bertz CT molecular complexity index is 624. The molecule has 2 N–H and O–H groups in total. The van der Waals surface area contributed by atoms with E-state index in [0.717, 1.165) is 23.6 Å². The van der Waals surface area contributed by atoms with E-state index in [1.807, 2.05) is 6.07 Å². The Morgan fingerprint density at radius 3 is 3.00 bits per heavy atom. The molecule has 0 unspecified atom stereocenters. The van der Waals surface area contributed by atoms with Crippen LogP contribution in [0.4, 0.5) is 5.69 Å². The van der Waals surface area contributed by atoms with Gasteiger partial charge >= 0.3 is 0 Å². The lowest BCUT2D eigenvalue weighted by atomic mass is 10.1. The number of H-pyrrole nitrogens is 1. The van der Waals surface area contributed by atoms with E-state index < -0.39 is 0 Å². The number of nitrogens with one attached hydrogen (secondary N) is 2. The molecule has 0 saturated heterocycles. The van der Waals surface area contributed by atoms with Gasteiger partial charge in [-0.3, -0.25) is 10.1 Å². The number of benzene rings is 1. The van der Waals surface area contributed by atoms with Crippen LogP contribution in [-0.4, -0.2) is 35.2 Å². The summed E-state index contributed by atoms with van der Waals surface area (Å²) in [5, 5.41) is 14.2. The van der Waals surface area contributed by atoms with Gasteiger partial charge in [0.15, 0.2) is 0 Å². The maximum atomic E-state index is 11.0. The van der Waals surface area contributed by atoms with Crippen LogP contribution in [0.1, 0.15) is 11.4 Å². The number of nitrogens with zero attached hydrogens (tertiary/aromatic N) is 2. The summed E-state index contributed by atoms with van der Waals surface area (Å²) in [5.41, 5.74) is 2.27. The highest BCUT2D eigenvalue weighted by Crippen LogP contribution is 2.25. The van der Waals surface area contributed by atoms with Crippen molar-refractivity contribution in [3.63, 3.8) is 0 Å². The molecule has 7 heteroatoms. The van der Waals surface area contributed by atoms with Crippen LogP contribution in [0.2, 0.25) is 0 Å². The highest BCUT2D eigenvalue weighted by molar-refractivity contribution is 5.63. The molecular weight excluding hydrogens is 272 g/mol. The van der Waals surface area contributed by atoms with Crippen LogP contribution < -0.4 is 5.32 Å². The van der Waals surface area contributed by atoms with Crippen molar-refractivity contribution in [1.82, 2.24) is 15.3 Å². The molecule has 0 aliphatic heterocycles. The maximum absolute atomic E-state index is 11.0. The topological polar surface area (TPSA) is 93.1 Å². The Morgan fingerprint density at radius 2 is 2.29 bits per heavy atom. The molecule has 21 heavy (non-hydrogen) atoms. The molecule has 0 aliphatic rings. The lowest BCUT2D eigenvalue weighted by Crippen LogP contribution is -2.19. The predicted molar refractivity (Wildman–Crippen MR) is 79.0 cm³/mol. The summed E-state index contributed by atoms with van der Waals surface area (Å²) in [6, 6.07) is 5.15. The fraction of sp³-hybridized carbons (Fsp3) is 0.357. The van der Waals surface area contributed by atoms with Crippen LogP contribution in [-0.2, 0) is 11.3 Å². The van der Waals surface area contributed by atoms with Crippen molar-refractivity contribution >= 4 is 5.69 Å². The minimum atomic E-state index is -0.373. The second-order valence-electron chi connectivity index (χ2n) is 4.67. The molecule has 0 amide bonds. The van der Waals surface area contributed by atoms with Crippen molar-refractivity contribution in [1.29, 1.82) is 0 Å². The number of aromatic amines is 1. The molecule has 0 atom stereocenters. The number of nitro groups is 1. The van der Waals surface area contributed by atoms with Gasteiger partial charge in [-0.15, -0.1) is 0 Å². The second-order valence-corrected chi connectivity index (χ2v) is 4.67. The van der Waals surface area contributed by atoms with E-state index in [4.69, 9.17) is 4.74 Å². The van der Waals surface area contributed by atoms with E-state index in [1.54, 1.807) is 32.4 Å². The van der Waals surface area contributed by atoms with Crippen molar-refractivity contribution in [2.24, 2.45) is 0 Å². The van der Waals surface area contributed by atoms with Crippen LogP contribution in [0.5, 0.6) is 0 Å². The lowest BCUT2D eigenvalue weighted by Gasteiger charge is -2.02. The third kappa shape index (κ3) is 3.87. The highest BCUT2D eigenvalue weighted by atomic mass is 16.6. The maximum Gasteiger partial charge on any atom is 0.272 e. The molecular formula is C14H18N4O3. The molecule has 0 bridgehead atoms. The zero-order chi connectivity index (χ0) is 15.2. The number of methoxy groups -OCH3 is 1. The number of rotatable bonds is 7. The van der Waals surface area contributed by atoms with E-state index in [1.165, 1.54) is 0 Å². The molecule has 0 spiro atoms. The fourth-order valence-electron chi connectivity index (χ4n) is 1.95. The van der Waals surface area contributed by atoms with Gasteiger partial charge in [0.05, 0.1) is 30.0 Å². The summed E-state index contributed by atoms with van der Waals surface area (Å²) in [7, 11) is 1.65. The van der Waals surface area contributed by atoms with Gasteiger partial charge in [-0.25, -0.2) is 4.98 Å². The van der Waals surface area contributed by atoms with Gasteiger partial charge in [0.25, 0.3) is 5.69 Å². The molecule has 1 aromatic heterocycles. The van der Waals surface area contributed by atoms with E-state index in [-0.39, 0.29) is 10.6 Å². The summed E-state index contributed by atoms with van der Waals surface area (Å²) in [4.78, 5) is 18.0. The van der Waals surface area contributed by atoms with Crippen molar-refractivity contribution in [3.8, 4) is 11.3 Å². The Labute approximate surface area is 122 Å². The number of nitro benzene ring substituents is 1. The fourth-order valence-corrected chi connectivity index (χ4v) is 1.95. The monoisotopic (exact) mass is 290 g/mol. The quantitative estimate of drug-likeness (QED) is 0.462. The number of hydrogen-bond acceptors (Lipinski definition) is 5. The number of hydrogen-bond donors (Lipinski definition) is 2. The highest BCUT2D eigenvalue weighted by Gasteiger charge is 2.13. The summed E-state index contributed by atoms with van der Waals surface area (Å²) >= 11 is 0. The second kappa shape index (κ2) is 6.96. The Balaban J connectivity index is 2.10. The average Bonchev–Trinajstić information content (AvgIpc) is 2.92. The summed E-state index contributed by atoms with van der Waals surface area (Å²) in [6.07, 6.45) is 1.68. The third-order valence-electron chi connectivity index (χ3n) is 3.12. The molecule has 0 radical (unpaired) electrons. The van der Waals surface area contributed by atoms with Crippen LogP contribution in [0.15, 0.2) is 24.4 Å². The standard InChI is InChI=1S/C14H18N4O3/c1-10-3-4-11(7-13(10)18(19)20)12-8-16-14(17-12)9-15-5-6-21-2/h3-4,7-8,15H,5-6,9H2,1-2H3,(H,16,17). The summed E-state index contributed by atoms with van der Waals surface area (Å²) in [5.74, 6) is 0.782. The molecule has 1 aromatic carbocycles. The molecule has 0 aliphatic carbocycles. The summed E-state index contributed by atoms with van der Waals surface area (Å²) < 4.78 is 4.94. The SMILES string of the molecule is COCCNCc1ncc(-c2ccc(C)c([N+](=O)[O-])c2)[nH]1. The van der Waals surface area contributed by atoms with E-state index in [2.05, 4.69) is 15.3 Å². The predicted octanol–water partition coefficient (Wildman–Crippen LogP) is 2.03. The Kier molecular flexibility index (Phi) is 5.02. The first-order valence-electron chi connectivity index (χ1n) is 6.60. The smallest absolute Gasteiger partial charge is 0.272 e. The van der Waals surface area contributed by atoms with Gasteiger partial charge in [-0.05, 0) is 6.92 Å². The number of aromatic nitrogens is 2. The molecule has 2 aromatic rings.